The van der Waals surface area contributed by atoms with Gasteiger partial charge in [-0.25, -0.2) is 4.79 Å². The lowest BCUT2D eigenvalue weighted by atomic mass is 9.99. The lowest BCUT2D eigenvalue weighted by Crippen LogP contribution is -2.59. The molecule has 37 heavy (non-hydrogen) atoms. The summed E-state index contributed by atoms with van der Waals surface area (Å²) in [7, 11) is 0. The highest BCUT2D eigenvalue weighted by molar-refractivity contribution is 5.94. The number of nitrogens with two attached hydrogens (primary N) is 1. The summed E-state index contributed by atoms with van der Waals surface area (Å²) < 4.78 is 0. The second-order valence-electron chi connectivity index (χ2n) is 9.81. The van der Waals surface area contributed by atoms with Gasteiger partial charge >= 0.3 is 5.97 Å². The maximum absolute atomic E-state index is 13.5. The van der Waals surface area contributed by atoms with E-state index in [4.69, 9.17) is 5.73 Å². The molecule has 0 bridgehead atoms. The Labute approximate surface area is 217 Å². The zero-order valence-corrected chi connectivity index (χ0v) is 21.3. The number of benzene rings is 2. The molecule has 5 N–H and O–H groups in total. The van der Waals surface area contributed by atoms with Crippen LogP contribution >= 0.6 is 0 Å². The molecule has 3 rings (SSSR count). The number of rotatable bonds is 11. The first-order valence-corrected chi connectivity index (χ1v) is 12.6. The van der Waals surface area contributed by atoms with E-state index in [1.165, 1.54) is 4.90 Å². The van der Waals surface area contributed by atoms with Crippen LogP contribution in [0.3, 0.4) is 0 Å². The summed E-state index contributed by atoms with van der Waals surface area (Å²) in [4.78, 5) is 52.7. The van der Waals surface area contributed by atoms with Gasteiger partial charge in [0.05, 0.1) is 6.04 Å². The molecule has 0 unspecified atom stereocenters. The predicted molar refractivity (Wildman–Crippen MR) is 139 cm³/mol. The van der Waals surface area contributed by atoms with Crippen LogP contribution in [0.15, 0.2) is 60.7 Å². The third-order valence-electron chi connectivity index (χ3n) is 6.60. The number of nitrogens with zero attached hydrogens (tertiary/aromatic N) is 1. The Hall–Kier alpha value is -3.72. The van der Waals surface area contributed by atoms with Crippen LogP contribution in [0.2, 0.25) is 0 Å². The van der Waals surface area contributed by atoms with Crippen LogP contribution in [0, 0.1) is 5.92 Å². The van der Waals surface area contributed by atoms with Gasteiger partial charge in [0.1, 0.15) is 18.1 Å². The molecule has 0 spiro atoms. The zero-order chi connectivity index (χ0) is 26.9. The first-order valence-electron chi connectivity index (χ1n) is 12.6. The highest BCUT2D eigenvalue weighted by atomic mass is 16.4. The third kappa shape index (κ3) is 7.63. The molecule has 1 saturated heterocycles. The zero-order valence-electron chi connectivity index (χ0n) is 21.3. The lowest BCUT2D eigenvalue weighted by molar-refractivity contribution is -0.149. The minimum absolute atomic E-state index is 0.195. The average molecular weight is 509 g/mol. The van der Waals surface area contributed by atoms with Crippen molar-refractivity contribution in [1.82, 2.24) is 15.5 Å². The van der Waals surface area contributed by atoms with Gasteiger partial charge in [0.15, 0.2) is 0 Å². The van der Waals surface area contributed by atoms with E-state index in [0.29, 0.717) is 25.8 Å². The average Bonchev–Trinajstić information content (AvgIpc) is 3.37. The second-order valence-corrected chi connectivity index (χ2v) is 9.81. The number of likely N-dealkylation sites (tertiary alicyclic amines) is 1. The molecule has 1 aliphatic heterocycles. The fraction of sp³-hybridized carbons (Fsp3) is 0.429. The van der Waals surface area contributed by atoms with Gasteiger partial charge in [-0.15, -0.1) is 0 Å². The summed E-state index contributed by atoms with van der Waals surface area (Å²) in [6.07, 6.45) is 1.47. The number of carboxylic acids is 1. The molecular formula is C28H36N4O5. The van der Waals surface area contributed by atoms with Crippen molar-refractivity contribution in [2.45, 2.75) is 63.7 Å². The molecule has 2 aromatic rings. The molecule has 2 aromatic carbocycles. The van der Waals surface area contributed by atoms with Gasteiger partial charge in [-0.1, -0.05) is 74.5 Å². The molecule has 4 atom stereocenters. The van der Waals surface area contributed by atoms with Crippen LogP contribution in [0.5, 0.6) is 0 Å². The Morgan fingerprint density at radius 3 is 2.03 bits per heavy atom. The van der Waals surface area contributed by atoms with Crippen molar-refractivity contribution >= 4 is 23.7 Å². The first-order chi connectivity index (χ1) is 17.7. The van der Waals surface area contributed by atoms with Crippen LogP contribution < -0.4 is 16.4 Å². The largest absolute Gasteiger partial charge is 0.480 e. The van der Waals surface area contributed by atoms with Gasteiger partial charge in [-0.3, -0.25) is 14.4 Å². The Kier molecular flexibility index (Phi) is 9.79. The van der Waals surface area contributed by atoms with Crippen molar-refractivity contribution in [3.63, 3.8) is 0 Å². The Bertz CT molecular complexity index is 1080. The molecule has 9 heteroatoms. The molecule has 1 fully saturated rings. The summed E-state index contributed by atoms with van der Waals surface area (Å²) >= 11 is 0. The van der Waals surface area contributed by atoms with Gasteiger partial charge < -0.3 is 26.4 Å². The fourth-order valence-electron chi connectivity index (χ4n) is 4.55. The molecule has 0 saturated carbocycles. The second kappa shape index (κ2) is 13.0. The number of carbonyl (C=O) groups is 4. The molecule has 1 heterocycles. The standard InChI is InChI=1S/C28H36N4O5/c1-18(2)24(31-25(33)21(29)16-19-10-5-3-6-11-19)26(34)30-22(17-20-12-7-4-8-13-20)27(35)32-15-9-14-23(32)28(36)37/h3-8,10-13,18,21-24H,9,14-17,29H2,1-2H3,(H,30,34)(H,31,33)(H,36,37)/t21-,22-,23-,24-/m0/s1. The Morgan fingerprint density at radius 1 is 0.919 bits per heavy atom. The van der Waals surface area contributed by atoms with Gasteiger partial charge in [0.25, 0.3) is 0 Å². The molecule has 0 radical (unpaired) electrons. The number of nitrogens with one attached hydrogen (secondary N) is 2. The monoisotopic (exact) mass is 508 g/mol. The van der Waals surface area contributed by atoms with E-state index < -0.39 is 47.9 Å². The normalized spacial score (nSPS) is 17.6. The van der Waals surface area contributed by atoms with Gasteiger partial charge in [0, 0.05) is 13.0 Å². The van der Waals surface area contributed by atoms with E-state index in [-0.39, 0.29) is 12.3 Å². The van der Waals surface area contributed by atoms with Crippen molar-refractivity contribution in [2.75, 3.05) is 6.54 Å². The smallest absolute Gasteiger partial charge is 0.326 e. The van der Waals surface area contributed by atoms with Crippen LogP contribution in [0.25, 0.3) is 0 Å². The van der Waals surface area contributed by atoms with E-state index in [2.05, 4.69) is 10.6 Å². The maximum atomic E-state index is 13.5. The number of aliphatic carboxylic acids is 1. The minimum Gasteiger partial charge on any atom is -0.480 e. The highest BCUT2D eigenvalue weighted by Crippen LogP contribution is 2.20. The number of carboxylic acid groups (broad SMARTS) is 1. The molecule has 0 aliphatic carbocycles. The summed E-state index contributed by atoms with van der Waals surface area (Å²) in [6, 6.07) is 14.9. The van der Waals surface area contributed by atoms with Gasteiger partial charge in [-0.2, -0.15) is 0 Å². The third-order valence-corrected chi connectivity index (χ3v) is 6.60. The van der Waals surface area contributed by atoms with Crippen LogP contribution in [-0.4, -0.2) is 64.4 Å². The fourth-order valence-corrected chi connectivity index (χ4v) is 4.55. The number of amides is 3. The lowest BCUT2D eigenvalue weighted by Gasteiger charge is -2.30. The topological polar surface area (TPSA) is 142 Å². The van der Waals surface area contributed by atoms with E-state index >= 15 is 0 Å². The van der Waals surface area contributed by atoms with E-state index in [1.54, 1.807) is 13.8 Å². The summed E-state index contributed by atoms with van der Waals surface area (Å²) in [5.74, 6) is -2.77. The van der Waals surface area contributed by atoms with E-state index in [0.717, 1.165) is 11.1 Å². The summed E-state index contributed by atoms with van der Waals surface area (Å²) in [6.45, 7) is 3.90. The quantitative estimate of drug-likeness (QED) is 0.362. The van der Waals surface area contributed by atoms with Crippen LogP contribution in [0.4, 0.5) is 0 Å². The molecule has 198 valence electrons. The minimum atomic E-state index is -1.06. The SMILES string of the molecule is CC(C)[C@H](NC(=O)[C@@H](N)Cc1ccccc1)C(=O)N[C@@H](Cc1ccccc1)C(=O)N1CCC[C@H]1C(=O)O. The van der Waals surface area contributed by atoms with E-state index in [9.17, 15) is 24.3 Å². The molecular weight excluding hydrogens is 472 g/mol. The van der Waals surface area contributed by atoms with Crippen molar-refractivity contribution in [2.24, 2.45) is 11.7 Å². The van der Waals surface area contributed by atoms with Gasteiger partial charge in [-0.05, 0) is 36.3 Å². The summed E-state index contributed by atoms with van der Waals surface area (Å²) in [5.41, 5.74) is 7.84. The summed E-state index contributed by atoms with van der Waals surface area (Å²) in [5, 5.41) is 15.1. The molecule has 1 aliphatic rings. The maximum Gasteiger partial charge on any atom is 0.326 e. The van der Waals surface area contributed by atoms with Crippen molar-refractivity contribution < 1.29 is 24.3 Å². The molecule has 0 aromatic heterocycles. The van der Waals surface area contributed by atoms with E-state index in [1.807, 2.05) is 60.7 Å². The first kappa shape index (κ1) is 27.9. The van der Waals surface area contributed by atoms with Crippen LogP contribution in [-0.2, 0) is 32.0 Å². The molecule has 9 nitrogen and oxygen atoms in total. The molecule has 3 amide bonds. The number of hydrogen-bond acceptors (Lipinski definition) is 5. The van der Waals surface area contributed by atoms with Crippen LogP contribution in [0.1, 0.15) is 37.8 Å². The van der Waals surface area contributed by atoms with Crippen molar-refractivity contribution in [3.8, 4) is 0 Å². The van der Waals surface area contributed by atoms with Crippen molar-refractivity contribution in [1.29, 1.82) is 0 Å². The Balaban J connectivity index is 1.74. The predicted octanol–water partition coefficient (Wildman–Crippen LogP) is 1.50. The number of hydrogen-bond donors (Lipinski definition) is 4. The number of carbonyl (C=O) groups excluding carboxylic acids is 3. The van der Waals surface area contributed by atoms with Crippen molar-refractivity contribution in [3.05, 3.63) is 71.8 Å². The highest BCUT2D eigenvalue weighted by Gasteiger charge is 2.38. The van der Waals surface area contributed by atoms with Gasteiger partial charge in [0.2, 0.25) is 17.7 Å². The Morgan fingerprint density at radius 2 is 1.49 bits per heavy atom.